The highest BCUT2D eigenvalue weighted by Crippen LogP contribution is 2.16. The number of rotatable bonds is 2. The van der Waals surface area contributed by atoms with Gasteiger partial charge in [0.15, 0.2) is 6.29 Å². The van der Waals surface area contributed by atoms with Gasteiger partial charge in [-0.25, -0.2) is 0 Å². The van der Waals surface area contributed by atoms with Gasteiger partial charge in [0.05, 0.1) is 5.02 Å². The first-order valence-corrected chi connectivity index (χ1v) is 4.44. The Bertz CT molecular complexity index is 337. The average Bonchev–Trinajstić information content (AvgIpc) is 2.05. The van der Waals surface area contributed by atoms with Gasteiger partial charge in [0.1, 0.15) is 0 Å². The maximum atomic E-state index is 10.4. The molecule has 12 heavy (non-hydrogen) atoms. The van der Waals surface area contributed by atoms with Crippen LogP contribution < -0.4 is 0 Å². The summed E-state index contributed by atoms with van der Waals surface area (Å²) in [6.07, 6.45) is 0.513. The summed E-state index contributed by atoms with van der Waals surface area (Å²) in [4.78, 5) is 10.4. The molecule has 0 N–H and O–H groups in total. The van der Waals surface area contributed by atoms with Gasteiger partial charge in [-0.2, -0.15) is 0 Å². The molecule has 0 bridgehead atoms. The highest BCUT2D eigenvalue weighted by molar-refractivity contribution is 7.79. The monoisotopic (exact) mass is 203 g/mol. The topological polar surface area (TPSA) is 57.2 Å². The maximum absolute atomic E-state index is 10.4. The van der Waals surface area contributed by atoms with Crippen LogP contribution in [0.3, 0.4) is 0 Å². The first-order valence-electron chi connectivity index (χ1n) is 2.99. The molecule has 3 nitrogen and oxygen atoms in total. The van der Waals surface area contributed by atoms with E-state index in [1.807, 2.05) is 0 Å². The molecule has 0 amide bonds. The normalized spacial score (nSPS) is 12.5. The van der Waals surface area contributed by atoms with Gasteiger partial charge in [-0.15, -0.1) is 0 Å². The van der Waals surface area contributed by atoms with E-state index in [-0.39, 0.29) is 15.5 Å². The van der Waals surface area contributed by atoms with Gasteiger partial charge in [0.2, 0.25) is 0 Å². The molecule has 0 saturated carbocycles. The Morgan fingerprint density at radius 3 is 2.67 bits per heavy atom. The largest absolute Gasteiger partial charge is 0.768 e. The van der Waals surface area contributed by atoms with Crippen LogP contribution in [0.1, 0.15) is 10.4 Å². The summed E-state index contributed by atoms with van der Waals surface area (Å²) in [5.74, 6) is 0. The predicted octanol–water partition coefficient (Wildman–Crippen LogP) is 1.39. The van der Waals surface area contributed by atoms with Crippen LogP contribution in [0.15, 0.2) is 23.1 Å². The molecule has 64 valence electrons. The van der Waals surface area contributed by atoms with Crippen LogP contribution >= 0.6 is 11.6 Å². The third-order valence-electron chi connectivity index (χ3n) is 1.29. The molecule has 1 unspecified atom stereocenters. The van der Waals surface area contributed by atoms with Crippen LogP contribution in [0, 0.1) is 0 Å². The smallest absolute Gasteiger partial charge is 0.151 e. The minimum atomic E-state index is -2.32. The van der Waals surface area contributed by atoms with Crippen molar-refractivity contribution in [2.75, 3.05) is 0 Å². The highest BCUT2D eigenvalue weighted by atomic mass is 35.5. The van der Waals surface area contributed by atoms with Crippen LogP contribution in [0.4, 0.5) is 0 Å². The van der Waals surface area contributed by atoms with Crippen molar-refractivity contribution >= 4 is 29.0 Å². The molecule has 0 aromatic heterocycles. The SMILES string of the molecule is O=Cc1cc(S(=O)[O-])ccc1Cl. The lowest BCUT2D eigenvalue weighted by Crippen LogP contribution is -1.91. The third kappa shape index (κ3) is 1.91. The quantitative estimate of drug-likeness (QED) is 0.539. The minimum Gasteiger partial charge on any atom is -0.768 e. The molecule has 5 heteroatoms. The molecule has 1 aromatic rings. The lowest BCUT2D eigenvalue weighted by atomic mass is 10.2. The van der Waals surface area contributed by atoms with E-state index in [2.05, 4.69) is 0 Å². The van der Waals surface area contributed by atoms with E-state index in [0.29, 0.717) is 6.29 Å². The minimum absolute atomic E-state index is 0.0569. The van der Waals surface area contributed by atoms with Crippen molar-refractivity contribution in [1.29, 1.82) is 0 Å². The molecule has 0 aliphatic heterocycles. The van der Waals surface area contributed by atoms with E-state index in [1.165, 1.54) is 18.2 Å². The van der Waals surface area contributed by atoms with E-state index in [4.69, 9.17) is 11.6 Å². The molecule has 1 rings (SSSR count). The van der Waals surface area contributed by atoms with E-state index < -0.39 is 11.1 Å². The van der Waals surface area contributed by atoms with Crippen LogP contribution in [0.25, 0.3) is 0 Å². The summed E-state index contributed by atoms with van der Waals surface area (Å²) in [6.45, 7) is 0. The van der Waals surface area contributed by atoms with Crippen molar-refractivity contribution in [3.8, 4) is 0 Å². The van der Waals surface area contributed by atoms with Crippen molar-refractivity contribution in [1.82, 2.24) is 0 Å². The number of benzene rings is 1. The lowest BCUT2D eigenvalue weighted by molar-refractivity contribution is 0.112. The summed E-state index contributed by atoms with van der Waals surface area (Å²) in [5, 5.41) is 0.249. The van der Waals surface area contributed by atoms with Crippen LogP contribution in [-0.2, 0) is 11.1 Å². The summed E-state index contributed by atoms with van der Waals surface area (Å²) >= 11 is 3.25. The number of carbonyl (C=O) groups is 1. The molecule has 1 aromatic carbocycles. The zero-order valence-electron chi connectivity index (χ0n) is 5.82. The van der Waals surface area contributed by atoms with Crippen LogP contribution in [0.2, 0.25) is 5.02 Å². The zero-order chi connectivity index (χ0) is 9.14. The Labute approximate surface area is 76.6 Å². The highest BCUT2D eigenvalue weighted by Gasteiger charge is 2.00. The summed E-state index contributed by atoms with van der Waals surface area (Å²) in [6, 6.07) is 3.92. The van der Waals surface area contributed by atoms with Crippen LogP contribution in [-0.4, -0.2) is 15.0 Å². The second-order valence-electron chi connectivity index (χ2n) is 2.04. The van der Waals surface area contributed by atoms with Crippen molar-refractivity contribution in [2.45, 2.75) is 4.90 Å². The number of hydrogen-bond acceptors (Lipinski definition) is 3. The molecule has 0 heterocycles. The third-order valence-corrected chi connectivity index (χ3v) is 2.27. The number of halogens is 1. The van der Waals surface area contributed by atoms with E-state index in [9.17, 15) is 13.6 Å². The molecule has 1 atom stereocenters. The molecule has 0 aliphatic rings. The molecule has 0 saturated heterocycles. The Hall–Kier alpha value is -0.710. The number of aldehydes is 1. The molecule has 0 aliphatic carbocycles. The Balaban J connectivity index is 3.22. The summed E-state index contributed by atoms with van der Waals surface area (Å²) < 4.78 is 20.8. The second-order valence-corrected chi connectivity index (χ2v) is 3.38. The van der Waals surface area contributed by atoms with Gasteiger partial charge in [-0.1, -0.05) is 11.6 Å². The Morgan fingerprint density at radius 2 is 2.17 bits per heavy atom. The maximum Gasteiger partial charge on any atom is 0.151 e. The second kappa shape index (κ2) is 3.80. The van der Waals surface area contributed by atoms with E-state index in [0.717, 1.165) is 0 Å². The summed E-state index contributed by atoms with van der Waals surface area (Å²) in [7, 11) is 0. The van der Waals surface area contributed by atoms with Crippen molar-refractivity contribution in [3.63, 3.8) is 0 Å². The Kier molecular flexibility index (Phi) is 2.97. The predicted molar refractivity (Wildman–Crippen MR) is 44.0 cm³/mol. The fourth-order valence-electron chi connectivity index (χ4n) is 0.716. The molecule has 0 fully saturated rings. The Morgan fingerprint density at radius 1 is 1.50 bits per heavy atom. The van der Waals surface area contributed by atoms with Gasteiger partial charge in [0, 0.05) is 10.5 Å². The molecule has 0 spiro atoms. The average molecular weight is 204 g/mol. The number of hydrogen-bond donors (Lipinski definition) is 0. The van der Waals surface area contributed by atoms with E-state index in [1.54, 1.807) is 0 Å². The van der Waals surface area contributed by atoms with Gasteiger partial charge < -0.3 is 4.55 Å². The molecular formula is C7H4ClO3S-. The van der Waals surface area contributed by atoms with Crippen molar-refractivity contribution in [3.05, 3.63) is 28.8 Å². The fourth-order valence-corrected chi connectivity index (χ4v) is 1.28. The number of carbonyl (C=O) groups excluding carboxylic acids is 1. The van der Waals surface area contributed by atoms with Crippen LogP contribution in [0.5, 0.6) is 0 Å². The lowest BCUT2D eigenvalue weighted by Gasteiger charge is -2.05. The van der Waals surface area contributed by atoms with Crippen molar-refractivity contribution < 1.29 is 13.6 Å². The van der Waals surface area contributed by atoms with Gasteiger partial charge in [-0.3, -0.25) is 9.00 Å². The standard InChI is InChI=1S/C7H5ClO3S/c8-7-2-1-6(12(10)11)3-5(7)4-9/h1-4H,(H,10,11)/p-1. The fraction of sp³-hybridized carbons (Fsp3) is 0. The van der Waals surface area contributed by atoms with Gasteiger partial charge in [-0.05, 0) is 29.3 Å². The van der Waals surface area contributed by atoms with Gasteiger partial charge in [0.25, 0.3) is 0 Å². The molecular weight excluding hydrogens is 200 g/mol. The van der Waals surface area contributed by atoms with E-state index >= 15 is 0 Å². The summed E-state index contributed by atoms with van der Waals surface area (Å²) in [5.41, 5.74) is 0.179. The van der Waals surface area contributed by atoms with Crippen molar-refractivity contribution in [2.24, 2.45) is 0 Å². The first kappa shape index (κ1) is 9.38. The van der Waals surface area contributed by atoms with Gasteiger partial charge >= 0.3 is 0 Å². The zero-order valence-corrected chi connectivity index (χ0v) is 7.39. The molecule has 0 radical (unpaired) electrons. The first-order chi connectivity index (χ1) is 5.65.